The normalized spacial score (nSPS) is 11.8. The van der Waals surface area contributed by atoms with Gasteiger partial charge in [-0.25, -0.2) is 4.79 Å². The summed E-state index contributed by atoms with van der Waals surface area (Å²) in [5, 5.41) is 0.915. The third-order valence-electron chi connectivity index (χ3n) is 4.99. The van der Waals surface area contributed by atoms with Gasteiger partial charge in [0.15, 0.2) is 0 Å². The van der Waals surface area contributed by atoms with E-state index in [1.165, 1.54) is 5.56 Å². The first-order chi connectivity index (χ1) is 12.6. The zero-order valence-electron chi connectivity index (χ0n) is 16.7. The number of hydrogen-bond donors (Lipinski definition) is 0. The van der Waals surface area contributed by atoms with Crippen LogP contribution in [-0.2, 0) is 16.8 Å². The summed E-state index contributed by atoms with van der Waals surface area (Å²) in [4.78, 5) is 12.6. The SMILES string of the molecule is Cc1cc(C(C)(C)C)cc(C)c1COC(=O)c1oc2ccc(Br)cc2c1C. The molecule has 0 N–H and O–H groups in total. The molecule has 4 heteroatoms. The first-order valence-corrected chi connectivity index (χ1v) is 9.83. The van der Waals surface area contributed by atoms with Crippen molar-refractivity contribution in [3.63, 3.8) is 0 Å². The van der Waals surface area contributed by atoms with E-state index in [4.69, 9.17) is 9.15 Å². The molecule has 0 saturated carbocycles. The monoisotopic (exact) mass is 428 g/mol. The largest absolute Gasteiger partial charge is 0.455 e. The lowest BCUT2D eigenvalue weighted by Crippen LogP contribution is -2.13. The van der Waals surface area contributed by atoms with E-state index in [1.807, 2.05) is 25.1 Å². The van der Waals surface area contributed by atoms with Crippen LogP contribution in [0.5, 0.6) is 0 Å². The highest BCUT2D eigenvalue weighted by atomic mass is 79.9. The number of aryl methyl sites for hydroxylation is 3. The molecule has 3 aromatic rings. The molecular formula is C23H25BrO3. The van der Waals surface area contributed by atoms with Crippen LogP contribution < -0.4 is 0 Å². The predicted molar refractivity (Wildman–Crippen MR) is 112 cm³/mol. The molecule has 0 atom stereocenters. The van der Waals surface area contributed by atoms with Crippen molar-refractivity contribution in [1.82, 2.24) is 0 Å². The Bertz CT molecular complexity index is 999. The second-order valence-corrected chi connectivity index (χ2v) is 9.03. The van der Waals surface area contributed by atoms with Gasteiger partial charge in [-0.3, -0.25) is 0 Å². The summed E-state index contributed by atoms with van der Waals surface area (Å²) in [6, 6.07) is 10.1. The number of carbonyl (C=O) groups excluding carboxylic acids is 1. The minimum absolute atomic E-state index is 0.0877. The maximum absolute atomic E-state index is 12.6. The Hall–Kier alpha value is -2.07. The fourth-order valence-corrected chi connectivity index (χ4v) is 3.61. The molecule has 1 aromatic heterocycles. The summed E-state index contributed by atoms with van der Waals surface area (Å²) in [6.45, 7) is 12.8. The molecule has 27 heavy (non-hydrogen) atoms. The van der Waals surface area contributed by atoms with Gasteiger partial charge in [-0.2, -0.15) is 0 Å². The highest BCUT2D eigenvalue weighted by Gasteiger charge is 2.21. The van der Waals surface area contributed by atoms with E-state index in [9.17, 15) is 4.79 Å². The minimum atomic E-state index is -0.432. The highest BCUT2D eigenvalue weighted by Crippen LogP contribution is 2.30. The van der Waals surface area contributed by atoms with Crippen LogP contribution in [0.25, 0.3) is 11.0 Å². The van der Waals surface area contributed by atoms with Crippen molar-refractivity contribution in [2.75, 3.05) is 0 Å². The standard InChI is InChI=1S/C23H25BrO3/c1-13-9-16(23(4,5)6)10-14(2)19(13)12-26-22(25)21-15(3)18-11-17(24)7-8-20(18)27-21/h7-11H,12H2,1-6H3. The van der Waals surface area contributed by atoms with Gasteiger partial charge >= 0.3 is 5.97 Å². The van der Waals surface area contributed by atoms with E-state index in [2.05, 4.69) is 62.7 Å². The quantitative estimate of drug-likeness (QED) is 0.431. The molecule has 0 radical (unpaired) electrons. The average molecular weight is 429 g/mol. The molecule has 3 nitrogen and oxygen atoms in total. The zero-order chi connectivity index (χ0) is 19.9. The summed E-state index contributed by atoms with van der Waals surface area (Å²) < 4.78 is 12.3. The van der Waals surface area contributed by atoms with Gasteiger partial charge in [0.05, 0.1) is 0 Å². The van der Waals surface area contributed by atoms with Crippen LogP contribution in [0.4, 0.5) is 0 Å². The van der Waals surface area contributed by atoms with Gasteiger partial charge in [0.1, 0.15) is 12.2 Å². The van der Waals surface area contributed by atoms with Gasteiger partial charge in [-0.15, -0.1) is 0 Å². The smallest absolute Gasteiger partial charge is 0.374 e. The molecule has 0 aliphatic heterocycles. The molecule has 0 aliphatic rings. The zero-order valence-corrected chi connectivity index (χ0v) is 18.3. The van der Waals surface area contributed by atoms with Gasteiger partial charge < -0.3 is 9.15 Å². The first-order valence-electron chi connectivity index (χ1n) is 9.04. The van der Waals surface area contributed by atoms with Crippen molar-refractivity contribution in [2.45, 2.75) is 53.6 Å². The maximum atomic E-state index is 12.6. The Balaban J connectivity index is 1.83. The van der Waals surface area contributed by atoms with E-state index in [1.54, 1.807) is 0 Å². The Kier molecular flexibility index (Phi) is 5.22. The predicted octanol–water partition coefficient (Wildman–Crippen LogP) is 6.78. The Morgan fingerprint density at radius 2 is 1.70 bits per heavy atom. The van der Waals surface area contributed by atoms with Crippen LogP contribution in [-0.4, -0.2) is 5.97 Å². The van der Waals surface area contributed by atoms with Gasteiger partial charge in [0.2, 0.25) is 5.76 Å². The van der Waals surface area contributed by atoms with Crippen molar-refractivity contribution in [1.29, 1.82) is 0 Å². The number of esters is 1. The van der Waals surface area contributed by atoms with Crippen molar-refractivity contribution < 1.29 is 13.9 Å². The van der Waals surface area contributed by atoms with E-state index < -0.39 is 5.97 Å². The lowest BCUT2D eigenvalue weighted by Gasteiger charge is -2.22. The highest BCUT2D eigenvalue weighted by molar-refractivity contribution is 9.10. The maximum Gasteiger partial charge on any atom is 0.374 e. The molecule has 3 rings (SSSR count). The summed E-state index contributed by atoms with van der Waals surface area (Å²) in [7, 11) is 0. The van der Waals surface area contributed by atoms with E-state index in [0.29, 0.717) is 5.58 Å². The first kappa shape index (κ1) is 19.7. The van der Waals surface area contributed by atoms with Gasteiger partial charge in [-0.1, -0.05) is 48.8 Å². The summed E-state index contributed by atoms with van der Waals surface area (Å²) in [5.74, 6) is -0.164. The van der Waals surface area contributed by atoms with Crippen LogP contribution >= 0.6 is 15.9 Å². The lowest BCUT2D eigenvalue weighted by molar-refractivity contribution is 0.0436. The second-order valence-electron chi connectivity index (χ2n) is 8.11. The molecule has 1 heterocycles. The van der Waals surface area contributed by atoms with Crippen LogP contribution in [0.15, 0.2) is 39.2 Å². The number of carbonyl (C=O) groups is 1. The molecule has 0 spiro atoms. The number of furan rings is 1. The fourth-order valence-electron chi connectivity index (χ4n) is 3.25. The third-order valence-corrected chi connectivity index (χ3v) is 5.49. The van der Waals surface area contributed by atoms with Crippen LogP contribution in [0, 0.1) is 20.8 Å². The number of halogens is 1. The number of benzene rings is 2. The topological polar surface area (TPSA) is 39.4 Å². The molecule has 142 valence electrons. The summed E-state index contributed by atoms with van der Waals surface area (Å²) in [5.41, 5.74) is 6.18. The summed E-state index contributed by atoms with van der Waals surface area (Å²) >= 11 is 3.45. The number of ether oxygens (including phenoxy) is 1. The van der Waals surface area contributed by atoms with Crippen molar-refractivity contribution in [3.8, 4) is 0 Å². The van der Waals surface area contributed by atoms with Crippen molar-refractivity contribution in [3.05, 3.63) is 68.4 Å². The Morgan fingerprint density at radius 3 is 2.30 bits per heavy atom. The summed E-state index contributed by atoms with van der Waals surface area (Å²) in [6.07, 6.45) is 0. The fraction of sp³-hybridized carbons (Fsp3) is 0.348. The van der Waals surface area contributed by atoms with Crippen LogP contribution in [0.3, 0.4) is 0 Å². The Labute approximate surface area is 168 Å². The molecular weight excluding hydrogens is 404 g/mol. The number of rotatable bonds is 3. The minimum Gasteiger partial charge on any atom is -0.455 e. The molecule has 0 amide bonds. The second kappa shape index (κ2) is 7.16. The lowest BCUT2D eigenvalue weighted by atomic mass is 9.84. The number of hydrogen-bond acceptors (Lipinski definition) is 3. The van der Waals surface area contributed by atoms with Crippen molar-refractivity contribution >= 4 is 32.9 Å². The average Bonchev–Trinajstić information content (AvgIpc) is 2.89. The van der Waals surface area contributed by atoms with Crippen LogP contribution in [0.1, 0.15) is 59.1 Å². The van der Waals surface area contributed by atoms with Gasteiger partial charge in [-0.05, 0) is 66.6 Å². The van der Waals surface area contributed by atoms with Gasteiger partial charge in [0.25, 0.3) is 0 Å². The molecule has 0 bridgehead atoms. The third kappa shape index (κ3) is 3.96. The van der Waals surface area contributed by atoms with E-state index >= 15 is 0 Å². The molecule has 2 aromatic carbocycles. The molecule has 0 saturated heterocycles. The van der Waals surface area contributed by atoms with Crippen LogP contribution in [0.2, 0.25) is 0 Å². The molecule has 0 aliphatic carbocycles. The van der Waals surface area contributed by atoms with E-state index in [0.717, 1.165) is 32.1 Å². The molecule has 0 fully saturated rings. The number of fused-ring (bicyclic) bond motifs is 1. The van der Waals surface area contributed by atoms with E-state index in [-0.39, 0.29) is 17.8 Å². The van der Waals surface area contributed by atoms with Crippen molar-refractivity contribution in [2.24, 2.45) is 0 Å². The van der Waals surface area contributed by atoms with Gasteiger partial charge in [0, 0.05) is 15.4 Å². The Morgan fingerprint density at radius 1 is 1.07 bits per heavy atom. The molecule has 0 unspecified atom stereocenters.